The van der Waals surface area contributed by atoms with Crippen LogP contribution in [0.5, 0.6) is 0 Å². The van der Waals surface area contributed by atoms with E-state index in [1.165, 1.54) is 0 Å². The van der Waals surface area contributed by atoms with Gasteiger partial charge in [0.2, 0.25) is 0 Å². The van der Waals surface area contributed by atoms with Crippen LogP contribution in [-0.4, -0.2) is 34.0 Å². The second-order valence-corrected chi connectivity index (χ2v) is 5.44. The van der Waals surface area contributed by atoms with Crippen LogP contribution >= 0.6 is 11.6 Å². The Hall–Kier alpha value is -1.91. The minimum absolute atomic E-state index is 0.0400. The lowest BCUT2D eigenvalue weighted by Gasteiger charge is -2.23. The number of nitrogens with zero attached hydrogens (tertiary/aromatic N) is 2. The summed E-state index contributed by atoms with van der Waals surface area (Å²) in [7, 11) is 0. The highest BCUT2D eigenvalue weighted by Gasteiger charge is 2.21. The molecule has 2 aromatic rings. The Morgan fingerprint density at radius 3 is 2.64 bits per heavy atom. The molecule has 0 saturated heterocycles. The van der Waals surface area contributed by atoms with E-state index in [9.17, 15) is 4.79 Å². The number of rotatable bonds is 6. The van der Waals surface area contributed by atoms with Gasteiger partial charge in [0.15, 0.2) is 0 Å². The molecular formula is C17H19ClN2O2. The average molecular weight is 319 g/mol. The van der Waals surface area contributed by atoms with Gasteiger partial charge in [-0.3, -0.25) is 4.79 Å². The van der Waals surface area contributed by atoms with E-state index in [2.05, 4.69) is 4.98 Å². The predicted octanol–water partition coefficient (Wildman–Crippen LogP) is 3.07. The summed E-state index contributed by atoms with van der Waals surface area (Å²) in [5, 5.41) is 9.28. The Bertz CT molecular complexity index is 612. The molecule has 5 heteroatoms. The Morgan fingerprint density at radius 2 is 2.00 bits per heavy atom. The SMILES string of the molecule is Cc1ccnc(Cl)c1C(=O)N(CCCO)Cc1ccccc1. The number of aliphatic hydroxyl groups is 1. The van der Waals surface area contributed by atoms with Gasteiger partial charge >= 0.3 is 0 Å². The van der Waals surface area contributed by atoms with Gasteiger partial charge < -0.3 is 10.0 Å². The van der Waals surface area contributed by atoms with E-state index < -0.39 is 0 Å². The molecule has 0 aliphatic heterocycles. The molecule has 2 rings (SSSR count). The molecule has 0 atom stereocenters. The first-order chi connectivity index (χ1) is 10.6. The van der Waals surface area contributed by atoms with E-state index in [0.717, 1.165) is 11.1 Å². The van der Waals surface area contributed by atoms with Crippen molar-refractivity contribution < 1.29 is 9.90 Å². The van der Waals surface area contributed by atoms with Gasteiger partial charge in [-0.15, -0.1) is 0 Å². The van der Waals surface area contributed by atoms with Crippen LogP contribution in [0.4, 0.5) is 0 Å². The third-order valence-corrected chi connectivity index (χ3v) is 3.70. The molecule has 1 amide bonds. The molecule has 1 aromatic heterocycles. The molecule has 116 valence electrons. The number of amides is 1. The van der Waals surface area contributed by atoms with Gasteiger partial charge in [0, 0.05) is 25.9 Å². The standard InChI is InChI=1S/C17H19ClN2O2/c1-13-8-9-19-16(18)15(13)17(22)20(10-5-11-21)12-14-6-3-2-4-7-14/h2-4,6-9,21H,5,10-12H2,1H3. The minimum Gasteiger partial charge on any atom is -0.396 e. The molecule has 0 fully saturated rings. The second-order valence-electron chi connectivity index (χ2n) is 5.08. The summed E-state index contributed by atoms with van der Waals surface area (Å²) < 4.78 is 0. The van der Waals surface area contributed by atoms with Crippen molar-refractivity contribution in [3.05, 3.63) is 64.4 Å². The molecule has 4 nitrogen and oxygen atoms in total. The molecule has 0 spiro atoms. The second kappa shape index (κ2) is 7.92. The van der Waals surface area contributed by atoms with Crippen molar-refractivity contribution in [1.29, 1.82) is 0 Å². The maximum absolute atomic E-state index is 12.8. The first-order valence-electron chi connectivity index (χ1n) is 7.18. The van der Waals surface area contributed by atoms with Crippen molar-refractivity contribution in [3.8, 4) is 0 Å². The highest BCUT2D eigenvalue weighted by atomic mass is 35.5. The van der Waals surface area contributed by atoms with Crippen LogP contribution in [0.1, 0.15) is 27.9 Å². The van der Waals surface area contributed by atoms with Gasteiger partial charge in [-0.25, -0.2) is 4.98 Å². The van der Waals surface area contributed by atoms with E-state index in [4.69, 9.17) is 16.7 Å². The molecule has 1 aromatic carbocycles. The fourth-order valence-corrected chi connectivity index (χ4v) is 2.54. The van der Waals surface area contributed by atoms with Gasteiger partial charge in [-0.1, -0.05) is 41.9 Å². The summed E-state index contributed by atoms with van der Waals surface area (Å²) in [6.07, 6.45) is 2.11. The van der Waals surface area contributed by atoms with E-state index >= 15 is 0 Å². The lowest BCUT2D eigenvalue weighted by atomic mass is 10.1. The largest absolute Gasteiger partial charge is 0.396 e. The summed E-state index contributed by atoms with van der Waals surface area (Å²) in [4.78, 5) is 18.5. The smallest absolute Gasteiger partial charge is 0.257 e. The van der Waals surface area contributed by atoms with Crippen LogP contribution in [-0.2, 0) is 6.54 Å². The number of hydrogen-bond acceptors (Lipinski definition) is 3. The van der Waals surface area contributed by atoms with Gasteiger partial charge in [-0.05, 0) is 30.5 Å². The van der Waals surface area contributed by atoms with E-state index in [-0.39, 0.29) is 17.7 Å². The van der Waals surface area contributed by atoms with Gasteiger partial charge in [0.25, 0.3) is 5.91 Å². The summed E-state index contributed by atoms with van der Waals surface area (Å²) in [6.45, 7) is 2.82. The fraction of sp³-hybridized carbons (Fsp3) is 0.294. The number of pyridine rings is 1. The maximum atomic E-state index is 12.8. The molecule has 0 aliphatic carbocycles. The Kier molecular flexibility index (Phi) is 5.92. The first kappa shape index (κ1) is 16.5. The Balaban J connectivity index is 2.26. The monoisotopic (exact) mass is 318 g/mol. The van der Waals surface area contributed by atoms with Crippen LogP contribution in [0.25, 0.3) is 0 Å². The lowest BCUT2D eigenvalue weighted by Crippen LogP contribution is -2.32. The molecule has 0 aliphatic rings. The van der Waals surface area contributed by atoms with Crippen molar-refractivity contribution in [2.45, 2.75) is 19.9 Å². The van der Waals surface area contributed by atoms with Crippen LogP contribution in [0, 0.1) is 6.92 Å². The Labute approximate surface area is 135 Å². The van der Waals surface area contributed by atoms with Gasteiger partial charge in [0.1, 0.15) is 5.15 Å². The van der Waals surface area contributed by atoms with E-state index in [1.807, 2.05) is 37.3 Å². The molecule has 1 N–H and O–H groups in total. The maximum Gasteiger partial charge on any atom is 0.257 e. The number of hydrogen-bond donors (Lipinski definition) is 1. The van der Waals surface area contributed by atoms with Crippen molar-refractivity contribution in [2.24, 2.45) is 0 Å². The first-order valence-corrected chi connectivity index (χ1v) is 7.56. The van der Waals surface area contributed by atoms with Crippen LogP contribution in [0.15, 0.2) is 42.6 Å². The molecule has 0 radical (unpaired) electrons. The fourth-order valence-electron chi connectivity index (χ4n) is 2.26. The molecule has 1 heterocycles. The zero-order chi connectivity index (χ0) is 15.9. The quantitative estimate of drug-likeness (QED) is 0.833. The normalized spacial score (nSPS) is 10.5. The number of carbonyl (C=O) groups is 1. The van der Waals surface area contributed by atoms with Crippen molar-refractivity contribution >= 4 is 17.5 Å². The molecule has 22 heavy (non-hydrogen) atoms. The van der Waals surface area contributed by atoms with Crippen LogP contribution < -0.4 is 0 Å². The summed E-state index contributed by atoms with van der Waals surface area (Å²) in [5.41, 5.74) is 2.26. The number of aliphatic hydroxyl groups excluding tert-OH is 1. The molecule has 0 bridgehead atoms. The summed E-state index contributed by atoms with van der Waals surface area (Å²) in [6, 6.07) is 11.5. The van der Waals surface area contributed by atoms with Gasteiger partial charge in [0.05, 0.1) is 5.56 Å². The summed E-state index contributed by atoms with van der Waals surface area (Å²) >= 11 is 6.10. The number of benzene rings is 1. The van der Waals surface area contributed by atoms with E-state index in [0.29, 0.717) is 25.1 Å². The van der Waals surface area contributed by atoms with Crippen molar-refractivity contribution in [3.63, 3.8) is 0 Å². The van der Waals surface area contributed by atoms with Crippen LogP contribution in [0.2, 0.25) is 5.15 Å². The number of aryl methyl sites for hydroxylation is 1. The highest BCUT2D eigenvalue weighted by molar-refractivity contribution is 6.32. The van der Waals surface area contributed by atoms with Crippen LogP contribution in [0.3, 0.4) is 0 Å². The number of halogens is 1. The predicted molar refractivity (Wildman–Crippen MR) is 86.9 cm³/mol. The van der Waals surface area contributed by atoms with Crippen molar-refractivity contribution in [2.75, 3.05) is 13.2 Å². The highest BCUT2D eigenvalue weighted by Crippen LogP contribution is 2.20. The Morgan fingerprint density at radius 1 is 1.27 bits per heavy atom. The zero-order valence-corrected chi connectivity index (χ0v) is 13.3. The number of carbonyl (C=O) groups excluding carboxylic acids is 1. The third-order valence-electron chi connectivity index (χ3n) is 3.42. The van der Waals surface area contributed by atoms with Gasteiger partial charge in [-0.2, -0.15) is 0 Å². The molecule has 0 saturated carbocycles. The van der Waals surface area contributed by atoms with Crippen molar-refractivity contribution in [1.82, 2.24) is 9.88 Å². The minimum atomic E-state index is -0.159. The molecule has 0 unspecified atom stereocenters. The number of aromatic nitrogens is 1. The average Bonchev–Trinajstić information content (AvgIpc) is 2.52. The molecular weight excluding hydrogens is 300 g/mol. The lowest BCUT2D eigenvalue weighted by molar-refractivity contribution is 0.0731. The van der Waals surface area contributed by atoms with E-state index in [1.54, 1.807) is 17.2 Å². The summed E-state index contributed by atoms with van der Waals surface area (Å²) in [5.74, 6) is -0.159. The third kappa shape index (κ3) is 4.06. The zero-order valence-electron chi connectivity index (χ0n) is 12.5. The topological polar surface area (TPSA) is 53.4 Å².